The van der Waals surface area contributed by atoms with E-state index in [2.05, 4.69) is 15.6 Å². The standard InChI is InChI=1S/C14H15N3O2/c18-14(16-11-5-7-19-9-11)17-13-3-1-2-10-8-15-6-4-12(10)13/h1-4,6,8,11H,5,7,9H2,(H2,16,17,18). The van der Waals surface area contributed by atoms with Gasteiger partial charge in [-0.25, -0.2) is 4.79 Å². The van der Waals surface area contributed by atoms with E-state index in [4.69, 9.17) is 4.74 Å². The van der Waals surface area contributed by atoms with E-state index in [1.165, 1.54) is 0 Å². The maximum Gasteiger partial charge on any atom is 0.319 e. The number of pyridine rings is 1. The molecule has 5 heteroatoms. The lowest BCUT2D eigenvalue weighted by atomic mass is 10.1. The second-order valence-corrected chi connectivity index (χ2v) is 4.56. The minimum absolute atomic E-state index is 0.108. The van der Waals surface area contributed by atoms with Crippen molar-refractivity contribution < 1.29 is 9.53 Å². The van der Waals surface area contributed by atoms with Crippen LogP contribution >= 0.6 is 0 Å². The summed E-state index contributed by atoms with van der Waals surface area (Å²) in [5.41, 5.74) is 0.788. The summed E-state index contributed by atoms with van der Waals surface area (Å²) in [5, 5.41) is 7.77. The van der Waals surface area contributed by atoms with Crippen LogP contribution < -0.4 is 10.6 Å². The van der Waals surface area contributed by atoms with Crippen molar-refractivity contribution in [2.75, 3.05) is 18.5 Å². The lowest BCUT2D eigenvalue weighted by Gasteiger charge is -2.13. The zero-order chi connectivity index (χ0) is 13.1. The first-order valence-electron chi connectivity index (χ1n) is 6.31. The highest BCUT2D eigenvalue weighted by molar-refractivity contribution is 6.01. The summed E-state index contributed by atoms with van der Waals surface area (Å²) < 4.78 is 5.23. The zero-order valence-electron chi connectivity index (χ0n) is 10.4. The van der Waals surface area contributed by atoms with Crippen molar-refractivity contribution in [3.8, 4) is 0 Å². The van der Waals surface area contributed by atoms with Gasteiger partial charge in [-0.1, -0.05) is 12.1 Å². The molecular weight excluding hydrogens is 242 g/mol. The smallest absolute Gasteiger partial charge is 0.319 e. The lowest BCUT2D eigenvalue weighted by molar-refractivity contribution is 0.189. The van der Waals surface area contributed by atoms with Crippen LogP contribution in [0, 0.1) is 0 Å². The number of rotatable bonds is 2. The molecule has 1 unspecified atom stereocenters. The Kier molecular flexibility index (Phi) is 3.29. The number of urea groups is 1. The van der Waals surface area contributed by atoms with E-state index in [1.807, 2.05) is 24.3 Å². The molecule has 1 aliphatic rings. The molecule has 0 radical (unpaired) electrons. The van der Waals surface area contributed by atoms with Crippen molar-refractivity contribution in [2.24, 2.45) is 0 Å². The van der Waals surface area contributed by atoms with Crippen LogP contribution in [0.2, 0.25) is 0 Å². The number of hydrogen-bond donors (Lipinski definition) is 2. The molecular formula is C14H15N3O2. The van der Waals surface area contributed by atoms with Gasteiger partial charge in [-0.3, -0.25) is 4.98 Å². The molecule has 2 aromatic rings. The molecule has 1 fully saturated rings. The summed E-state index contributed by atoms with van der Waals surface area (Å²) in [5.74, 6) is 0. The van der Waals surface area contributed by atoms with Crippen molar-refractivity contribution in [1.82, 2.24) is 10.3 Å². The van der Waals surface area contributed by atoms with Gasteiger partial charge in [0.05, 0.1) is 18.3 Å². The van der Waals surface area contributed by atoms with Crippen LogP contribution in [-0.4, -0.2) is 30.3 Å². The molecule has 0 aliphatic carbocycles. The van der Waals surface area contributed by atoms with E-state index in [9.17, 15) is 4.79 Å². The summed E-state index contributed by atoms with van der Waals surface area (Å²) in [6.07, 6.45) is 4.37. The highest BCUT2D eigenvalue weighted by atomic mass is 16.5. The molecule has 2 N–H and O–H groups in total. The SMILES string of the molecule is O=C(Nc1cccc2cnccc12)NC1CCOC1. The number of ether oxygens (including phenoxy) is 1. The molecule has 2 heterocycles. The van der Waals surface area contributed by atoms with Gasteiger partial charge in [0.15, 0.2) is 0 Å². The quantitative estimate of drug-likeness (QED) is 0.866. The van der Waals surface area contributed by atoms with Gasteiger partial charge < -0.3 is 15.4 Å². The molecule has 3 rings (SSSR count). The molecule has 0 spiro atoms. The number of anilines is 1. The summed E-state index contributed by atoms with van der Waals surface area (Å²) >= 11 is 0. The first-order chi connectivity index (χ1) is 9.33. The number of benzene rings is 1. The van der Waals surface area contributed by atoms with Crippen LogP contribution in [0.15, 0.2) is 36.7 Å². The molecule has 98 valence electrons. The highest BCUT2D eigenvalue weighted by Gasteiger charge is 2.17. The summed E-state index contributed by atoms with van der Waals surface area (Å²) in [4.78, 5) is 16.0. The van der Waals surface area contributed by atoms with Gasteiger partial charge in [0.1, 0.15) is 0 Å². The molecule has 2 amide bonds. The number of hydrogen-bond acceptors (Lipinski definition) is 3. The Morgan fingerprint density at radius 3 is 3.16 bits per heavy atom. The van der Waals surface area contributed by atoms with Gasteiger partial charge in [0, 0.05) is 29.8 Å². The molecule has 0 bridgehead atoms. The predicted molar refractivity (Wildman–Crippen MR) is 73.1 cm³/mol. The van der Waals surface area contributed by atoms with Crippen LogP contribution in [0.25, 0.3) is 10.8 Å². The highest BCUT2D eigenvalue weighted by Crippen LogP contribution is 2.22. The number of amides is 2. The van der Waals surface area contributed by atoms with E-state index in [1.54, 1.807) is 12.4 Å². The average molecular weight is 257 g/mol. The topological polar surface area (TPSA) is 63.2 Å². The van der Waals surface area contributed by atoms with E-state index in [-0.39, 0.29) is 12.1 Å². The first kappa shape index (κ1) is 11.9. The van der Waals surface area contributed by atoms with E-state index in [0.717, 1.165) is 22.9 Å². The Balaban J connectivity index is 1.75. The second-order valence-electron chi connectivity index (χ2n) is 4.56. The molecule has 5 nitrogen and oxygen atoms in total. The van der Waals surface area contributed by atoms with Crippen molar-refractivity contribution in [3.63, 3.8) is 0 Å². The van der Waals surface area contributed by atoms with Crippen LogP contribution in [0.3, 0.4) is 0 Å². The third kappa shape index (κ3) is 2.66. The number of nitrogens with zero attached hydrogens (tertiary/aromatic N) is 1. The summed E-state index contributed by atoms with van der Waals surface area (Å²) in [6.45, 7) is 1.30. The van der Waals surface area contributed by atoms with Crippen LogP contribution in [0.5, 0.6) is 0 Å². The molecule has 1 aromatic carbocycles. The predicted octanol–water partition coefficient (Wildman–Crippen LogP) is 2.15. The van der Waals surface area contributed by atoms with Gasteiger partial charge in [-0.2, -0.15) is 0 Å². The minimum atomic E-state index is -0.195. The fraction of sp³-hybridized carbons (Fsp3) is 0.286. The Bertz CT molecular complexity index is 589. The first-order valence-corrected chi connectivity index (χ1v) is 6.31. The largest absolute Gasteiger partial charge is 0.379 e. The fourth-order valence-corrected chi connectivity index (χ4v) is 2.22. The van der Waals surface area contributed by atoms with Crippen LogP contribution in [-0.2, 0) is 4.74 Å². The maximum atomic E-state index is 11.9. The van der Waals surface area contributed by atoms with Crippen LogP contribution in [0.4, 0.5) is 10.5 Å². The number of nitrogens with one attached hydrogen (secondary N) is 2. The number of fused-ring (bicyclic) bond motifs is 1. The fourth-order valence-electron chi connectivity index (χ4n) is 2.22. The summed E-state index contributed by atoms with van der Waals surface area (Å²) in [6, 6.07) is 7.56. The van der Waals surface area contributed by atoms with Crippen molar-refractivity contribution >= 4 is 22.5 Å². The van der Waals surface area contributed by atoms with Gasteiger partial charge in [-0.05, 0) is 18.6 Å². The van der Waals surface area contributed by atoms with Crippen LogP contribution in [0.1, 0.15) is 6.42 Å². The van der Waals surface area contributed by atoms with Crippen molar-refractivity contribution in [1.29, 1.82) is 0 Å². The third-order valence-electron chi connectivity index (χ3n) is 3.19. The van der Waals surface area contributed by atoms with E-state index in [0.29, 0.717) is 13.2 Å². The van der Waals surface area contributed by atoms with Crippen molar-refractivity contribution in [3.05, 3.63) is 36.7 Å². The third-order valence-corrected chi connectivity index (χ3v) is 3.19. The normalized spacial score (nSPS) is 18.4. The van der Waals surface area contributed by atoms with Crippen molar-refractivity contribution in [2.45, 2.75) is 12.5 Å². The van der Waals surface area contributed by atoms with Gasteiger partial charge in [0.2, 0.25) is 0 Å². The Morgan fingerprint density at radius 2 is 2.32 bits per heavy atom. The maximum absolute atomic E-state index is 11.9. The lowest BCUT2D eigenvalue weighted by Crippen LogP contribution is -2.38. The molecule has 1 aromatic heterocycles. The number of carbonyl (C=O) groups is 1. The molecule has 19 heavy (non-hydrogen) atoms. The van der Waals surface area contributed by atoms with E-state index >= 15 is 0 Å². The second kappa shape index (κ2) is 5.24. The van der Waals surface area contributed by atoms with E-state index < -0.39 is 0 Å². The number of aromatic nitrogens is 1. The molecule has 1 atom stereocenters. The monoisotopic (exact) mass is 257 g/mol. The van der Waals surface area contributed by atoms with Gasteiger partial charge >= 0.3 is 6.03 Å². The molecule has 1 saturated heterocycles. The Hall–Kier alpha value is -2.14. The molecule has 0 saturated carbocycles. The van der Waals surface area contributed by atoms with Gasteiger partial charge in [0.25, 0.3) is 0 Å². The summed E-state index contributed by atoms with van der Waals surface area (Å²) in [7, 11) is 0. The molecule has 1 aliphatic heterocycles. The van der Waals surface area contributed by atoms with Gasteiger partial charge in [-0.15, -0.1) is 0 Å². The number of carbonyl (C=O) groups excluding carboxylic acids is 1. The minimum Gasteiger partial charge on any atom is -0.379 e. The average Bonchev–Trinajstić information content (AvgIpc) is 2.92. The zero-order valence-corrected chi connectivity index (χ0v) is 10.4. The Labute approximate surface area is 111 Å². The Morgan fingerprint density at radius 1 is 1.37 bits per heavy atom.